The molecule has 2 heterocycles. The third kappa shape index (κ3) is 3.80. The van der Waals surface area contributed by atoms with Gasteiger partial charge in [0, 0.05) is 18.2 Å². The van der Waals surface area contributed by atoms with Crippen molar-refractivity contribution in [2.75, 3.05) is 18.1 Å². The van der Waals surface area contributed by atoms with Crippen LogP contribution in [-0.2, 0) is 9.84 Å². The lowest BCUT2D eigenvalue weighted by Gasteiger charge is -2.26. The lowest BCUT2D eigenvalue weighted by Crippen LogP contribution is -2.41. The van der Waals surface area contributed by atoms with Crippen molar-refractivity contribution < 1.29 is 17.6 Å². The molecule has 1 unspecified atom stereocenters. The minimum absolute atomic E-state index is 0.0232. The Hall–Kier alpha value is -2.05. The first-order valence-corrected chi connectivity index (χ1v) is 10.1. The van der Waals surface area contributed by atoms with Crippen molar-refractivity contribution in [2.45, 2.75) is 12.5 Å². The predicted octanol–water partition coefficient (Wildman–Crippen LogP) is 3.42. The summed E-state index contributed by atoms with van der Waals surface area (Å²) >= 11 is 6.16. The highest BCUT2D eigenvalue weighted by atomic mass is 35.5. The SMILES string of the molecule is C=CCN(C(=O)c1ccc(-c2ccccc2Cl)o1)C1CCS(=O)(=O)C1. The molecule has 0 spiro atoms. The van der Waals surface area contributed by atoms with E-state index in [4.69, 9.17) is 16.0 Å². The first kappa shape index (κ1) is 17.8. The molecule has 2 aromatic rings. The number of sulfone groups is 1. The molecule has 0 aliphatic carbocycles. The molecule has 0 radical (unpaired) electrons. The van der Waals surface area contributed by atoms with Gasteiger partial charge in [0.15, 0.2) is 15.6 Å². The Morgan fingerprint density at radius 1 is 1.32 bits per heavy atom. The van der Waals surface area contributed by atoms with Crippen molar-refractivity contribution in [1.82, 2.24) is 4.90 Å². The number of halogens is 1. The molecule has 1 atom stereocenters. The van der Waals surface area contributed by atoms with Crippen LogP contribution in [0.1, 0.15) is 17.0 Å². The third-order valence-corrected chi connectivity index (χ3v) is 6.27. The molecule has 7 heteroatoms. The molecule has 1 saturated heterocycles. The van der Waals surface area contributed by atoms with Crippen LogP contribution in [0.3, 0.4) is 0 Å². The quantitative estimate of drug-likeness (QED) is 0.746. The molecule has 5 nitrogen and oxygen atoms in total. The van der Waals surface area contributed by atoms with Crippen LogP contribution in [0, 0.1) is 0 Å². The Bertz CT molecular complexity index is 903. The minimum atomic E-state index is -3.09. The van der Waals surface area contributed by atoms with Gasteiger partial charge in [-0.1, -0.05) is 29.8 Å². The van der Waals surface area contributed by atoms with E-state index in [0.29, 0.717) is 22.8 Å². The molecule has 0 bridgehead atoms. The summed E-state index contributed by atoms with van der Waals surface area (Å²) < 4.78 is 29.2. The van der Waals surface area contributed by atoms with Crippen molar-refractivity contribution in [2.24, 2.45) is 0 Å². The summed E-state index contributed by atoms with van der Waals surface area (Å²) in [5, 5.41) is 0.528. The fourth-order valence-corrected chi connectivity index (χ4v) is 4.92. The molecule has 0 N–H and O–H groups in total. The Labute approximate surface area is 151 Å². The van der Waals surface area contributed by atoms with Gasteiger partial charge in [-0.2, -0.15) is 0 Å². The van der Waals surface area contributed by atoms with Crippen molar-refractivity contribution in [1.29, 1.82) is 0 Å². The zero-order valence-corrected chi connectivity index (χ0v) is 15.1. The van der Waals surface area contributed by atoms with Crippen molar-refractivity contribution >= 4 is 27.3 Å². The zero-order valence-electron chi connectivity index (χ0n) is 13.5. The maximum absolute atomic E-state index is 12.8. The zero-order chi connectivity index (χ0) is 18.0. The van der Waals surface area contributed by atoms with Crippen molar-refractivity contribution in [3.63, 3.8) is 0 Å². The second-order valence-corrected chi connectivity index (χ2v) is 8.58. The van der Waals surface area contributed by atoms with Gasteiger partial charge in [-0.15, -0.1) is 6.58 Å². The van der Waals surface area contributed by atoms with Gasteiger partial charge in [0.25, 0.3) is 5.91 Å². The van der Waals surface area contributed by atoms with Crippen molar-refractivity contribution in [3.05, 3.63) is 59.8 Å². The number of amides is 1. The molecule has 0 saturated carbocycles. The lowest BCUT2D eigenvalue weighted by atomic mass is 10.2. The van der Waals surface area contributed by atoms with Gasteiger partial charge >= 0.3 is 0 Å². The Balaban J connectivity index is 1.86. The van der Waals surface area contributed by atoms with Crippen LogP contribution in [-0.4, -0.2) is 43.3 Å². The van der Waals surface area contributed by atoms with Gasteiger partial charge in [-0.25, -0.2) is 8.42 Å². The molecule has 1 fully saturated rings. The summed E-state index contributed by atoms with van der Waals surface area (Å²) in [4.78, 5) is 14.3. The topological polar surface area (TPSA) is 67.6 Å². The lowest BCUT2D eigenvalue weighted by molar-refractivity contribution is 0.0689. The molecule has 1 aliphatic heterocycles. The third-order valence-electron chi connectivity index (χ3n) is 4.19. The first-order chi connectivity index (χ1) is 11.9. The highest BCUT2D eigenvalue weighted by Gasteiger charge is 2.35. The van der Waals surface area contributed by atoms with Crippen LogP contribution in [0.15, 0.2) is 53.5 Å². The van der Waals surface area contributed by atoms with E-state index in [2.05, 4.69) is 6.58 Å². The van der Waals surface area contributed by atoms with E-state index in [9.17, 15) is 13.2 Å². The number of carbonyl (C=O) groups excluding carboxylic acids is 1. The average Bonchev–Trinajstić information content (AvgIpc) is 3.19. The fraction of sp³-hybridized carbons (Fsp3) is 0.278. The van der Waals surface area contributed by atoms with E-state index in [1.165, 1.54) is 4.90 Å². The second kappa shape index (κ2) is 7.06. The van der Waals surface area contributed by atoms with Gasteiger partial charge in [0.1, 0.15) is 5.76 Å². The minimum Gasteiger partial charge on any atom is -0.451 e. The van der Waals surface area contributed by atoms with Crippen LogP contribution in [0.5, 0.6) is 0 Å². The van der Waals surface area contributed by atoms with Gasteiger partial charge in [-0.05, 0) is 30.7 Å². The maximum atomic E-state index is 12.8. The molecule has 3 rings (SSSR count). The number of hydrogen-bond acceptors (Lipinski definition) is 4. The number of furan rings is 1. The summed E-state index contributed by atoms with van der Waals surface area (Å²) in [6.07, 6.45) is 2.01. The fourth-order valence-electron chi connectivity index (χ4n) is 2.96. The van der Waals surface area contributed by atoms with Crippen LogP contribution in [0.4, 0.5) is 0 Å². The Morgan fingerprint density at radius 2 is 2.08 bits per heavy atom. The standard InChI is InChI=1S/C18H18ClNO4S/c1-2-10-20(13-9-11-25(22,23)12-13)18(21)17-8-7-16(24-17)14-5-3-4-6-15(14)19/h2-8,13H,1,9-12H2. The molecule has 1 aromatic carbocycles. The van der Waals surface area contributed by atoms with Gasteiger partial charge in [0.05, 0.1) is 16.5 Å². The van der Waals surface area contributed by atoms with Gasteiger partial charge in [0.2, 0.25) is 0 Å². The molecule has 1 amide bonds. The molecule has 1 aliphatic rings. The molecular formula is C18H18ClNO4S. The normalized spacial score (nSPS) is 18.8. The van der Waals surface area contributed by atoms with Crippen LogP contribution in [0.2, 0.25) is 5.02 Å². The molecule has 1 aromatic heterocycles. The van der Waals surface area contributed by atoms with E-state index in [1.54, 1.807) is 30.3 Å². The number of benzene rings is 1. The van der Waals surface area contributed by atoms with Gasteiger partial charge in [-0.3, -0.25) is 4.79 Å². The largest absolute Gasteiger partial charge is 0.451 e. The number of hydrogen-bond donors (Lipinski definition) is 0. The smallest absolute Gasteiger partial charge is 0.290 e. The number of carbonyl (C=O) groups is 1. The second-order valence-electron chi connectivity index (χ2n) is 5.95. The average molecular weight is 380 g/mol. The van der Waals surface area contributed by atoms with Crippen molar-refractivity contribution in [3.8, 4) is 11.3 Å². The van der Waals surface area contributed by atoms with Gasteiger partial charge < -0.3 is 9.32 Å². The summed E-state index contributed by atoms with van der Waals surface area (Å²) in [5.74, 6) is 0.375. The summed E-state index contributed by atoms with van der Waals surface area (Å²) in [7, 11) is -3.09. The van der Waals surface area contributed by atoms with Crippen LogP contribution < -0.4 is 0 Å². The van der Waals surface area contributed by atoms with E-state index in [0.717, 1.165) is 0 Å². The van der Waals surface area contributed by atoms with Crippen LogP contribution >= 0.6 is 11.6 Å². The highest BCUT2D eigenvalue weighted by molar-refractivity contribution is 7.91. The predicted molar refractivity (Wildman–Crippen MR) is 97.4 cm³/mol. The monoisotopic (exact) mass is 379 g/mol. The highest BCUT2D eigenvalue weighted by Crippen LogP contribution is 2.30. The van der Waals surface area contributed by atoms with E-state index < -0.39 is 9.84 Å². The molecule has 132 valence electrons. The molecular weight excluding hydrogens is 362 g/mol. The number of rotatable bonds is 5. The van der Waals surface area contributed by atoms with Crippen LogP contribution in [0.25, 0.3) is 11.3 Å². The number of nitrogens with zero attached hydrogens (tertiary/aromatic N) is 1. The maximum Gasteiger partial charge on any atom is 0.290 e. The summed E-state index contributed by atoms with van der Waals surface area (Å²) in [5.41, 5.74) is 0.696. The molecule has 25 heavy (non-hydrogen) atoms. The Kier molecular flexibility index (Phi) is 5.01. The summed E-state index contributed by atoms with van der Waals surface area (Å²) in [6.45, 7) is 3.92. The Morgan fingerprint density at radius 3 is 2.72 bits per heavy atom. The van der Waals surface area contributed by atoms with E-state index >= 15 is 0 Å². The first-order valence-electron chi connectivity index (χ1n) is 7.88. The van der Waals surface area contributed by atoms with E-state index in [1.807, 2.05) is 12.1 Å². The van der Waals surface area contributed by atoms with E-state index in [-0.39, 0.29) is 35.8 Å². The summed E-state index contributed by atoms with van der Waals surface area (Å²) in [6, 6.07) is 10.1.